The molecule has 112 valence electrons. The van der Waals surface area contributed by atoms with Gasteiger partial charge in [0, 0.05) is 20.7 Å². The third-order valence-corrected chi connectivity index (χ3v) is 4.03. The number of hydrogen-bond donors (Lipinski definition) is 1. The normalized spacial score (nSPS) is 10.1. The second-order valence-electron chi connectivity index (χ2n) is 4.22. The summed E-state index contributed by atoms with van der Waals surface area (Å²) >= 11 is 6.64. The largest absolute Gasteiger partial charge is 0.464 e. The van der Waals surface area contributed by atoms with Gasteiger partial charge in [-0.25, -0.2) is 4.79 Å². The van der Waals surface area contributed by atoms with Gasteiger partial charge in [-0.3, -0.25) is 4.79 Å². The number of halogens is 2. The second-order valence-corrected chi connectivity index (χ2v) is 5.99. The highest BCUT2D eigenvalue weighted by Gasteiger charge is 2.24. The molecule has 2 N–H and O–H groups in total. The van der Waals surface area contributed by atoms with Gasteiger partial charge < -0.3 is 15.0 Å². The van der Waals surface area contributed by atoms with E-state index < -0.39 is 5.97 Å². The van der Waals surface area contributed by atoms with Crippen LogP contribution in [0.5, 0.6) is 0 Å². The van der Waals surface area contributed by atoms with Crippen LogP contribution in [0.4, 0.5) is 5.69 Å². The van der Waals surface area contributed by atoms with Crippen LogP contribution in [0.15, 0.2) is 27.3 Å². The van der Waals surface area contributed by atoms with Gasteiger partial charge in [0.1, 0.15) is 6.07 Å². The zero-order valence-electron chi connectivity index (χ0n) is 11.3. The van der Waals surface area contributed by atoms with Gasteiger partial charge in [-0.1, -0.05) is 15.9 Å². The monoisotopic (exact) mass is 425 g/mol. The first kappa shape index (κ1) is 16.3. The van der Waals surface area contributed by atoms with E-state index >= 15 is 0 Å². The molecule has 0 amide bonds. The zero-order chi connectivity index (χ0) is 16.4. The quantitative estimate of drug-likeness (QED) is 0.600. The van der Waals surface area contributed by atoms with E-state index in [2.05, 4.69) is 31.9 Å². The Morgan fingerprint density at radius 3 is 2.68 bits per heavy atom. The minimum absolute atomic E-state index is 0.000942. The number of ether oxygens (including phenoxy) is 1. The number of rotatable bonds is 3. The number of nitrogens with zero attached hydrogens (tertiary/aromatic N) is 2. The Labute approximate surface area is 142 Å². The molecule has 0 atom stereocenters. The summed E-state index contributed by atoms with van der Waals surface area (Å²) in [6.45, 7) is 0. The van der Waals surface area contributed by atoms with Crippen molar-refractivity contribution in [1.82, 2.24) is 4.57 Å². The number of nitrogens with two attached hydrogens (primary N) is 1. The number of hydrogen-bond acceptors (Lipinski definition) is 5. The number of carbonyl (C=O) groups excluding carboxylic acids is 2. The van der Waals surface area contributed by atoms with Gasteiger partial charge in [0.15, 0.2) is 12.0 Å². The van der Waals surface area contributed by atoms with Crippen molar-refractivity contribution in [1.29, 1.82) is 5.26 Å². The molecule has 6 nitrogen and oxygen atoms in total. The SMILES string of the molecule is COC(=O)c1c(N)c(C#N)cn1-c1c(Br)cc(Br)cc1C=O. The second kappa shape index (κ2) is 6.34. The Hall–Kier alpha value is -2.11. The number of aromatic nitrogens is 1. The third kappa shape index (κ3) is 2.65. The van der Waals surface area contributed by atoms with Crippen molar-refractivity contribution in [2.45, 2.75) is 0 Å². The molecular formula is C14H9Br2N3O3. The van der Waals surface area contributed by atoms with Crippen LogP contribution in [0, 0.1) is 11.3 Å². The molecule has 0 spiro atoms. The molecule has 8 heteroatoms. The lowest BCUT2D eigenvalue weighted by Crippen LogP contribution is -2.12. The fourth-order valence-electron chi connectivity index (χ4n) is 2.02. The van der Waals surface area contributed by atoms with Gasteiger partial charge in [0.05, 0.1) is 24.0 Å². The lowest BCUT2D eigenvalue weighted by molar-refractivity contribution is 0.0592. The predicted molar refractivity (Wildman–Crippen MR) is 87.0 cm³/mol. The van der Waals surface area contributed by atoms with E-state index in [1.807, 2.05) is 6.07 Å². The maximum absolute atomic E-state index is 12.0. The molecule has 0 saturated heterocycles. The van der Waals surface area contributed by atoms with E-state index in [0.29, 0.717) is 26.5 Å². The van der Waals surface area contributed by atoms with Crippen LogP contribution in [0.2, 0.25) is 0 Å². The van der Waals surface area contributed by atoms with Gasteiger partial charge in [0.25, 0.3) is 0 Å². The number of nitriles is 1. The molecule has 0 aliphatic rings. The van der Waals surface area contributed by atoms with Crippen LogP contribution in [0.25, 0.3) is 5.69 Å². The van der Waals surface area contributed by atoms with Crippen molar-refractivity contribution in [3.63, 3.8) is 0 Å². The van der Waals surface area contributed by atoms with Crippen molar-refractivity contribution in [2.75, 3.05) is 12.8 Å². The molecule has 22 heavy (non-hydrogen) atoms. The number of aldehydes is 1. The summed E-state index contributed by atoms with van der Waals surface area (Å²) in [6.07, 6.45) is 2.04. The van der Waals surface area contributed by atoms with Gasteiger partial charge >= 0.3 is 5.97 Å². The zero-order valence-corrected chi connectivity index (χ0v) is 14.4. The number of anilines is 1. The number of carbonyl (C=O) groups is 2. The van der Waals surface area contributed by atoms with Crippen LogP contribution < -0.4 is 5.73 Å². The summed E-state index contributed by atoms with van der Waals surface area (Å²) in [6, 6.07) is 5.21. The first-order valence-corrected chi connectivity index (χ1v) is 7.47. The Bertz CT molecular complexity index is 822. The topological polar surface area (TPSA) is 98.1 Å². The summed E-state index contributed by atoms with van der Waals surface area (Å²) in [5.74, 6) is -0.703. The molecule has 1 aromatic heterocycles. The highest BCUT2D eigenvalue weighted by molar-refractivity contribution is 9.11. The lowest BCUT2D eigenvalue weighted by atomic mass is 10.2. The van der Waals surface area contributed by atoms with Crippen LogP contribution in [0.3, 0.4) is 0 Å². The molecule has 0 radical (unpaired) electrons. The van der Waals surface area contributed by atoms with Crippen LogP contribution >= 0.6 is 31.9 Å². The highest BCUT2D eigenvalue weighted by Crippen LogP contribution is 2.33. The third-order valence-electron chi connectivity index (χ3n) is 2.97. The predicted octanol–water partition coefficient (Wildman–Crippen LogP) is 3.06. The number of benzene rings is 1. The fourth-order valence-corrected chi connectivity index (χ4v) is 3.47. The minimum atomic E-state index is -0.703. The molecule has 1 aromatic carbocycles. The molecule has 0 fully saturated rings. The van der Waals surface area contributed by atoms with Crippen molar-refractivity contribution < 1.29 is 14.3 Å². The summed E-state index contributed by atoms with van der Waals surface area (Å²) in [5, 5.41) is 9.11. The molecule has 2 rings (SSSR count). The van der Waals surface area contributed by atoms with Crippen molar-refractivity contribution in [3.05, 3.63) is 44.1 Å². The maximum atomic E-state index is 12.0. The van der Waals surface area contributed by atoms with E-state index in [9.17, 15) is 9.59 Å². The van der Waals surface area contributed by atoms with Crippen LogP contribution in [-0.4, -0.2) is 23.9 Å². The number of methoxy groups -OCH3 is 1. The number of esters is 1. The van der Waals surface area contributed by atoms with E-state index in [1.54, 1.807) is 12.1 Å². The molecule has 0 bridgehead atoms. The molecule has 0 aliphatic carbocycles. The summed E-state index contributed by atoms with van der Waals surface area (Å²) in [7, 11) is 1.21. The van der Waals surface area contributed by atoms with Crippen molar-refractivity contribution in [2.24, 2.45) is 0 Å². The van der Waals surface area contributed by atoms with E-state index in [0.717, 1.165) is 0 Å². The first-order chi connectivity index (χ1) is 10.4. The molecule has 1 heterocycles. The Kier molecular flexibility index (Phi) is 4.68. The average molecular weight is 427 g/mol. The van der Waals surface area contributed by atoms with Gasteiger partial charge in [0.2, 0.25) is 0 Å². The standard InChI is InChI=1S/C14H9Br2N3O3/c1-22-14(21)13-11(18)8(4-17)5-19(13)12-7(6-20)2-9(15)3-10(12)16/h2-3,5-6H,18H2,1H3. The Morgan fingerprint density at radius 2 is 2.14 bits per heavy atom. The number of nitrogen functional groups attached to an aromatic ring is 1. The average Bonchev–Trinajstić information content (AvgIpc) is 2.81. The molecule has 2 aromatic rings. The molecule has 0 aliphatic heterocycles. The Balaban J connectivity index is 2.87. The van der Waals surface area contributed by atoms with Gasteiger partial charge in [-0.15, -0.1) is 0 Å². The van der Waals surface area contributed by atoms with Crippen LogP contribution in [0.1, 0.15) is 26.4 Å². The van der Waals surface area contributed by atoms with Gasteiger partial charge in [-0.2, -0.15) is 5.26 Å². The lowest BCUT2D eigenvalue weighted by Gasteiger charge is -2.13. The fraction of sp³-hybridized carbons (Fsp3) is 0.0714. The molecular weight excluding hydrogens is 418 g/mol. The Morgan fingerprint density at radius 1 is 1.45 bits per heavy atom. The molecule has 0 saturated carbocycles. The smallest absolute Gasteiger partial charge is 0.357 e. The highest BCUT2D eigenvalue weighted by atomic mass is 79.9. The first-order valence-electron chi connectivity index (χ1n) is 5.88. The van der Waals surface area contributed by atoms with Crippen molar-refractivity contribution in [3.8, 4) is 11.8 Å². The summed E-state index contributed by atoms with van der Waals surface area (Å²) in [5.41, 5.74) is 6.66. The van der Waals surface area contributed by atoms with Crippen molar-refractivity contribution >= 4 is 49.8 Å². The minimum Gasteiger partial charge on any atom is -0.464 e. The van der Waals surface area contributed by atoms with E-state index in [1.165, 1.54) is 17.9 Å². The summed E-state index contributed by atoms with van der Waals surface area (Å²) < 4.78 is 7.32. The van der Waals surface area contributed by atoms with E-state index in [-0.39, 0.29) is 16.9 Å². The van der Waals surface area contributed by atoms with Gasteiger partial charge in [-0.05, 0) is 28.1 Å². The van der Waals surface area contributed by atoms with Crippen LogP contribution in [-0.2, 0) is 4.74 Å². The maximum Gasteiger partial charge on any atom is 0.357 e. The summed E-state index contributed by atoms with van der Waals surface area (Å²) in [4.78, 5) is 23.3. The van der Waals surface area contributed by atoms with E-state index in [4.69, 9.17) is 15.7 Å². The molecule has 0 unspecified atom stereocenters.